The fourth-order valence-corrected chi connectivity index (χ4v) is 3.56. The van der Waals surface area contributed by atoms with E-state index < -0.39 is 0 Å². The molecule has 0 radical (unpaired) electrons. The van der Waals surface area contributed by atoms with Gasteiger partial charge in [0.05, 0.1) is 0 Å². The van der Waals surface area contributed by atoms with Gasteiger partial charge in [-0.1, -0.05) is 12.1 Å². The quantitative estimate of drug-likeness (QED) is 0.876. The molecule has 3 nitrogen and oxygen atoms in total. The van der Waals surface area contributed by atoms with Gasteiger partial charge in [-0.2, -0.15) is 16.7 Å². The van der Waals surface area contributed by atoms with E-state index >= 15 is 0 Å². The first-order chi connectivity index (χ1) is 9.85. The third kappa shape index (κ3) is 3.29. The van der Waals surface area contributed by atoms with Crippen molar-refractivity contribution in [2.75, 3.05) is 17.3 Å². The Morgan fingerprint density at radius 1 is 1.25 bits per heavy atom. The number of nitrogens with one attached hydrogen (secondary N) is 1. The lowest BCUT2D eigenvalue weighted by Crippen LogP contribution is -2.26. The molecule has 1 N–H and O–H groups in total. The predicted molar refractivity (Wildman–Crippen MR) is 86.4 cm³/mol. The molecule has 4 heteroatoms. The SMILES string of the molecule is CSCCC1CCC(Nc2nc3ccccc3o2)CC1. The molecule has 1 aliphatic rings. The van der Waals surface area contributed by atoms with Crippen LogP contribution >= 0.6 is 11.8 Å². The molecular weight excluding hydrogens is 268 g/mol. The normalized spacial score (nSPS) is 23.1. The summed E-state index contributed by atoms with van der Waals surface area (Å²) < 4.78 is 5.74. The zero-order chi connectivity index (χ0) is 13.8. The van der Waals surface area contributed by atoms with Crippen molar-refractivity contribution in [2.24, 2.45) is 5.92 Å². The first-order valence-electron chi connectivity index (χ1n) is 7.46. The van der Waals surface area contributed by atoms with Crippen LogP contribution in [0.15, 0.2) is 28.7 Å². The Morgan fingerprint density at radius 2 is 2.05 bits per heavy atom. The highest BCUT2D eigenvalue weighted by molar-refractivity contribution is 7.98. The molecule has 0 aliphatic heterocycles. The van der Waals surface area contributed by atoms with Crippen molar-refractivity contribution in [3.8, 4) is 0 Å². The second-order valence-corrected chi connectivity index (χ2v) is 6.62. The van der Waals surface area contributed by atoms with Crippen molar-refractivity contribution >= 4 is 28.9 Å². The number of hydrogen-bond donors (Lipinski definition) is 1. The van der Waals surface area contributed by atoms with E-state index in [1.165, 1.54) is 37.9 Å². The summed E-state index contributed by atoms with van der Waals surface area (Å²) in [7, 11) is 0. The van der Waals surface area contributed by atoms with Crippen molar-refractivity contribution in [1.29, 1.82) is 0 Å². The number of benzene rings is 1. The molecule has 20 heavy (non-hydrogen) atoms. The van der Waals surface area contributed by atoms with Crippen molar-refractivity contribution < 1.29 is 4.42 Å². The van der Waals surface area contributed by atoms with Gasteiger partial charge in [0.1, 0.15) is 5.52 Å². The van der Waals surface area contributed by atoms with Crippen molar-refractivity contribution in [2.45, 2.75) is 38.1 Å². The number of oxazole rings is 1. The summed E-state index contributed by atoms with van der Waals surface area (Å²) >= 11 is 1.96. The number of fused-ring (bicyclic) bond motifs is 1. The third-order valence-corrected chi connectivity index (χ3v) is 4.84. The van der Waals surface area contributed by atoms with Crippen LogP contribution in [0.2, 0.25) is 0 Å². The fourth-order valence-electron chi connectivity index (χ4n) is 2.99. The summed E-state index contributed by atoms with van der Waals surface area (Å²) in [6.45, 7) is 0. The molecule has 1 aromatic carbocycles. The third-order valence-electron chi connectivity index (χ3n) is 4.20. The summed E-state index contributed by atoms with van der Waals surface area (Å²) in [5, 5.41) is 3.46. The Balaban J connectivity index is 1.54. The van der Waals surface area contributed by atoms with Crippen LogP contribution in [0.1, 0.15) is 32.1 Å². The van der Waals surface area contributed by atoms with Crippen LogP contribution in [0.25, 0.3) is 11.1 Å². The number of thioether (sulfide) groups is 1. The van der Waals surface area contributed by atoms with Crippen LogP contribution < -0.4 is 5.32 Å². The van der Waals surface area contributed by atoms with E-state index in [0.29, 0.717) is 12.1 Å². The molecule has 1 saturated carbocycles. The van der Waals surface area contributed by atoms with Crippen LogP contribution in [-0.4, -0.2) is 23.0 Å². The van der Waals surface area contributed by atoms with Gasteiger partial charge in [0, 0.05) is 6.04 Å². The maximum absolute atomic E-state index is 5.74. The van der Waals surface area contributed by atoms with E-state index in [9.17, 15) is 0 Å². The molecule has 2 aromatic rings. The molecule has 0 bridgehead atoms. The zero-order valence-corrected chi connectivity index (χ0v) is 12.8. The number of nitrogens with zero attached hydrogens (tertiary/aromatic N) is 1. The predicted octanol–water partition coefficient (Wildman–Crippen LogP) is 4.55. The lowest BCUT2D eigenvalue weighted by atomic mass is 9.84. The summed E-state index contributed by atoms with van der Waals surface area (Å²) in [5.74, 6) is 2.22. The van der Waals surface area contributed by atoms with Gasteiger partial charge >= 0.3 is 0 Å². The van der Waals surface area contributed by atoms with E-state index in [1.54, 1.807) is 0 Å². The van der Waals surface area contributed by atoms with Gasteiger partial charge in [0.25, 0.3) is 6.01 Å². The monoisotopic (exact) mass is 290 g/mol. The minimum absolute atomic E-state index is 0.522. The molecule has 108 valence electrons. The van der Waals surface area contributed by atoms with E-state index in [0.717, 1.165) is 17.0 Å². The minimum atomic E-state index is 0.522. The average Bonchev–Trinajstić information content (AvgIpc) is 2.89. The van der Waals surface area contributed by atoms with E-state index in [4.69, 9.17) is 4.42 Å². The molecule has 0 amide bonds. The molecule has 1 aromatic heterocycles. The highest BCUT2D eigenvalue weighted by Crippen LogP contribution is 2.30. The Morgan fingerprint density at radius 3 is 2.80 bits per heavy atom. The average molecular weight is 290 g/mol. The molecule has 1 heterocycles. The van der Waals surface area contributed by atoms with Crippen LogP contribution in [-0.2, 0) is 0 Å². The van der Waals surface area contributed by atoms with Crippen molar-refractivity contribution in [1.82, 2.24) is 4.98 Å². The van der Waals surface area contributed by atoms with Crippen LogP contribution in [0.5, 0.6) is 0 Å². The van der Waals surface area contributed by atoms with Gasteiger partial charge in [-0.15, -0.1) is 0 Å². The van der Waals surface area contributed by atoms with Gasteiger partial charge in [-0.3, -0.25) is 0 Å². The van der Waals surface area contributed by atoms with Gasteiger partial charge in [-0.25, -0.2) is 0 Å². The Labute approximate surface area is 124 Å². The highest BCUT2D eigenvalue weighted by Gasteiger charge is 2.21. The lowest BCUT2D eigenvalue weighted by Gasteiger charge is -2.28. The Kier molecular flexibility index (Phi) is 4.51. The summed E-state index contributed by atoms with van der Waals surface area (Å²) in [6, 6.07) is 9.13. The molecule has 0 unspecified atom stereocenters. The number of anilines is 1. The van der Waals surface area contributed by atoms with Gasteiger partial charge in [0.2, 0.25) is 0 Å². The van der Waals surface area contributed by atoms with Crippen LogP contribution in [0, 0.1) is 5.92 Å². The Bertz CT molecular complexity index is 513. The van der Waals surface area contributed by atoms with Crippen molar-refractivity contribution in [3.05, 3.63) is 24.3 Å². The van der Waals surface area contributed by atoms with E-state index in [1.807, 2.05) is 36.0 Å². The highest BCUT2D eigenvalue weighted by atomic mass is 32.2. The molecule has 0 spiro atoms. The van der Waals surface area contributed by atoms with E-state index in [-0.39, 0.29) is 0 Å². The molecule has 0 saturated heterocycles. The summed E-state index contributed by atoms with van der Waals surface area (Å²) in [6.07, 6.45) is 8.70. The molecular formula is C16H22N2OS. The van der Waals surface area contributed by atoms with Gasteiger partial charge < -0.3 is 9.73 Å². The molecule has 1 fully saturated rings. The second kappa shape index (κ2) is 6.53. The van der Waals surface area contributed by atoms with Gasteiger partial charge in [-0.05, 0) is 62.2 Å². The number of rotatable bonds is 5. The first kappa shape index (κ1) is 13.8. The smallest absolute Gasteiger partial charge is 0.295 e. The minimum Gasteiger partial charge on any atom is -0.424 e. The molecule has 1 aliphatic carbocycles. The number of para-hydroxylation sites is 2. The van der Waals surface area contributed by atoms with Crippen LogP contribution in [0.4, 0.5) is 6.01 Å². The maximum atomic E-state index is 5.74. The van der Waals surface area contributed by atoms with E-state index in [2.05, 4.69) is 16.6 Å². The largest absolute Gasteiger partial charge is 0.424 e. The standard InChI is InChI=1S/C16H22N2OS/c1-20-11-10-12-6-8-13(9-7-12)17-16-18-14-4-2-3-5-15(14)19-16/h2-5,12-13H,6-11H2,1H3,(H,17,18). The Hall–Kier alpha value is -1.16. The number of aromatic nitrogens is 1. The first-order valence-corrected chi connectivity index (χ1v) is 8.85. The summed E-state index contributed by atoms with van der Waals surface area (Å²) in [5.41, 5.74) is 1.80. The van der Waals surface area contributed by atoms with Crippen molar-refractivity contribution in [3.63, 3.8) is 0 Å². The van der Waals surface area contributed by atoms with Gasteiger partial charge in [0.15, 0.2) is 5.58 Å². The molecule has 3 rings (SSSR count). The lowest BCUT2D eigenvalue weighted by molar-refractivity contribution is 0.329. The maximum Gasteiger partial charge on any atom is 0.295 e. The van der Waals surface area contributed by atoms with Crippen LogP contribution in [0.3, 0.4) is 0 Å². The summed E-state index contributed by atoms with van der Waals surface area (Å²) in [4.78, 5) is 4.49. The number of hydrogen-bond acceptors (Lipinski definition) is 4. The second-order valence-electron chi connectivity index (χ2n) is 5.63. The molecule has 0 atom stereocenters. The topological polar surface area (TPSA) is 38.1 Å². The fraction of sp³-hybridized carbons (Fsp3) is 0.562. The zero-order valence-electron chi connectivity index (χ0n) is 12.0.